The van der Waals surface area contributed by atoms with Gasteiger partial charge in [0.2, 0.25) is 0 Å². The molecule has 0 unspecified atom stereocenters. The Hall–Kier alpha value is -3.64. The maximum Gasteiger partial charge on any atom is 0.0642 e. The first kappa shape index (κ1) is 24.1. The monoisotopic (exact) mass is 481 g/mol. The number of hydrogen-bond donors (Lipinski definition) is 1. The number of anilines is 1. The fourth-order valence-electron chi connectivity index (χ4n) is 5.14. The van der Waals surface area contributed by atoms with Crippen LogP contribution in [0.5, 0.6) is 0 Å². The molecular weight excluding hydrogens is 446 g/mol. The lowest BCUT2D eigenvalue weighted by molar-refractivity contribution is 0.0548. The molecule has 1 aliphatic heterocycles. The molecule has 6 nitrogen and oxygen atoms in total. The molecule has 186 valence electrons. The van der Waals surface area contributed by atoms with Crippen LogP contribution < -0.4 is 4.90 Å². The third-order valence-electron chi connectivity index (χ3n) is 7.06. The topological polar surface area (TPSA) is 56.2 Å². The van der Waals surface area contributed by atoms with Gasteiger partial charge in [0, 0.05) is 60.2 Å². The highest BCUT2D eigenvalue weighted by atomic mass is 16.5. The van der Waals surface area contributed by atoms with E-state index in [1.165, 1.54) is 28.1 Å². The summed E-state index contributed by atoms with van der Waals surface area (Å²) in [6.45, 7) is 9.78. The lowest BCUT2D eigenvalue weighted by Gasteiger charge is -2.31. The molecule has 2 heterocycles. The quantitative estimate of drug-likeness (QED) is 0.323. The second-order valence-electron chi connectivity index (χ2n) is 9.19. The number of aromatic amines is 1. The standard InChI is InChI=1S/C30H35N5O/c1-3-34(4-2)27-13-9-23(10-14-27)19-24-11-12-25(30(24)35-15-17-36-18-16-35)21-32-33-22-26-20-31-29-8-6-5-7-28(26)29/h5-10,13-14,19-22,31H,3-4,11-12,15-18H2,1-2H3/b24-19+,32-21+,33-22+. The highest BCUT2D eigenvalue weighted by Gasteiger charge is 2.25. The number of ether oxygens (including phenoxy) is 1. The summed E-state index contributed by atoms with van der Waals surface area (Å²) >= 11 is 0. The Labute approximate surface area is 213 Å². The van der Waals surface area contributed by atoms with Gasteiger partial charge in [-0.3, -0.25) is 0 Å². The van der Waals surface area contributed by atoms with Crippen LogP contribution in [0.15, 0.2) is 81.8 Å². The predicted molar refractivity (Wildman–Crippen MR) is 151 cm³/mol. The fraction of sp³-hybridized carbons (Fsp3) is 0.333. The summed E-state index contributed by atoms with van der Waals surface area (Å²) in [5.41, 5.74) is 8.59. The van der Waals surface area contributed by atoms with Gasteiger partial charge >= 0.3 is 0 Å². The largest absolute Gasteiger partial charge is 0.378 e. The summed E-state index contributed by atoms with van der Waals surface area (Å²) in [6, 6.07) is 17.2. The van der Waals surface area contributed by atoms with Gasteiger partial charge in [-0.2, -0.15) is 10.2 Å². The van der Waals surface area contributed by atoms with E-state index in [1.54, 1.807) is 0 Å². The van der Waals surface area contributed by atoms with Crippen LogP contribution in [-0.4, -0.2) is 61.7 Å². The normalized spacial score (nSPS) is 17.9. The number of rotatable bonds is 8. The van der Waals surface area contributed by atoms with Gasteiger partial charge in [0.05, 0.1) is 25.6 Å². The van der Waals surface area contributed by atoms with Crippen molar-refractivity contribution in [3.63, 3.8) is 0 Å². The molecule has 1 aliphatic carbocycles. The molecule has 2 aliphatic rings. The minimum atomic E-state index is 0.762. The van der Waals surface area contributed by atoms with E-state index in [-0.39, 0.29) is 0 Å². The van der Waals surface area contributed by atoms with Gasteiger partial charge in [-0.15, -0.1) is 0 Å². The van der Waals surface area contributed by atoms with Gasteiger partial charge in [-0.25, -0.2) is 0 Å². The fourth-order valence-corrected chi connectivity index (χ4v) is 5.14. The van der Waals surface area contributed by atoms with Crippen LogP contribution in [0.25, 0.3) is 17.0 Å². The Bertz CT molecular complexity index is 1290. The van der Waals surface area contributed by atoms with Crippen LogP contribution >= 0.6 is 0 Å². The van der Waals surface area contributed by atoms with Gasteiger partial charge < -0.3 is 19.5 Å². The van der Waals surface area contributed by atoms with E-state index in [0.717, 1.165) is 68.7 Å². The molecule has 3 aromatic rings. The summed E-state index contributed by atoms with van der Waals surface area (Å²) in [6.07, 6.45) is 10.1. The molecule has 0 atom stereocenters. The van der Waals surface area contributed by atoms with Crippen molar-refractivity contribution in [3.05, 3.63) is 82.7 Å². The van der Waals surface area contributed by atoms with Gasteiger partial charge in [-0.1, -0.05) is 30.3 Å². The average molecular weight is 482 g/mol. The van der Waals surface area contributed by atoms with Crippen molar-refractivity contribution in [2.24, 2.45) is 10.2 Å². The first-order valence-electron chi connectivity index (χ1n) is 13.0. The summed E-state index contributed by atoms with van der Waals surface area (Å²) in [5.74, 6) is 0. The second kappa shape index (κ2) is 11.4. The van der Waals surface area contributed by atoms with Crippen molar-refractivity contribution in [1.29, 1.82) is 0 Å². The van der Waals surface area contributed by atoms with E-state index < -0.39 is 0 Å². The number of nitrogens with one attached hydrogen (secondary N) is 1. The van der Waals surface area contributed by atoms with Crippen molar-refractivity contribution in [2.45, 2.75) is 26.7 Å². The van der Waals surface area contributed by atoms with Crippen molar-refractivity contribution >= 4 is 35.1 Å². The zero-order chi connectivity index (χ0) is 24.7. The van der Waals surface area contributed by atoms with E-state index >= 15 is 0 Å². The molecular formula is C30H35N5O. The smallest absolute Gasteiger partial charge is 0.0642 e. The number of aromatic nitrogens is 1. The number of nitrogens with zero attached hydrogens (tertiary/aromatic N) is 4. The molecule has 0 bridgehead atoms. The summed E-state index contributed by atoms with van der Waals surface area (Å²) in [5, 5.41) is 9.99. The average Bonchev–Trinajstić information content (AvgIpc) is 3.52. The number of fused-ring (bicyclic) bond motifs is 1. The maximum atomic E-state index is 5.63. The SMILES string of the molecule is CCN(CC)c1ccc(/C=C2\CCC(/C=N/N=C/c3c[nH]c4ccccc34)=C2N2CCOCC2)cc1. The van der Waals surface area contributed by atoms with E-state index in [2.05, 4.69) is 81.3 Å². The van der Waals surface area contributed by atoms with Crippen LogP contribution in [0.2, 0.25) is 0 Å². The van der Waals surface area contributed by atoms with E-state index in [9.17, 15) is 0 Å². The Morgan fingerprint density at radius 1 is 0.944 bits per heavy atom. The number of morpholine rings is 1. The van der Waals surface area contributed by atoms with Crippen LogP contribution in [0.4, 0.5) is 5.69 Å². The second-order valence-corrected chi connectivity index (χ2v) is 9.19. The highest BCUT2D eigenvalue weighted by molar-refractivity contribution is 5.99. The lowest BCUT2D eigenvalue weighted by atomic mass is 10.1. The summed E-state index contributed by atoms with van der Waals surface area (Å²) in [4.78, 5) is 8.11. The van der Waals surface area contributed by atoms with Crippen molar-refractivity contribution in [2.75, 3.05) is 44.3 Å². The number of para-hydroxylation sites is 1. The van der Waals surface area contributed by atoms with Gasteiger partial charge in [-0.05, 0) is 67.7 Å². The molecule has 5 rings (SSSR count). The van der Waals surface area contributed by atoms with Gasteiger partial charge in [0.1, 0.15) is 0 Å². The molecule has 36 heavy (non-hydrogen) atoms. The van der Waals surface area contributed by atoms with Crippen molar-refractivity contribution in [1.82, 2.24) is 9.88 Å². The number of hydrogen-bond acceptors (Lipinski definition) is 5. The Kier molecular flexibility index (Phi) is 7.62. The third kappa shape index (κ3) is 5.29. The lowest BCUT2D eigenvalue weighted by Crippen LogP contribution is -2.36. The van der Waals surface area contributed by atoms with Gasteiger partial charge in [0.25, 0.3) is 0 Å². The zero-order valence-corrected chi connectivity index (χ0v) is 21.3. The Morgan fingerprint density at radius 3 is 2.47 bits per heavy atom. The van der Waals surface area contributed by atoms with E-state index in [4.69, 9.17) is 4.74 Å². The molecule has 1 fully saturated rings. The summed E-state index contributed by atoms with van der Waals surface area (Å²) in [7, 11) is 0. The summed E-state index contributed by atoms with van der Waals surface area (Å²) < 4.78 is 5.63. The Morgan fingerprint density at radius 2 is 1.69 bits per heavy atom. The highest BCUT2D eigenvalue weighted by Crippen LogP contribution is 2.35. The molecule has 0 spiro atoms. The minimum Gasteiger partial charge on any atom is -0.378 e. The molecule has 0 amide bonds. The molecule has 0 radical (unpaired) electrons. The van der Waals surface area contributed by atoms with Gasteiger partial charge in [0.15, 0.2) is 0 Å². The van der Waals surface area contributed by atoms with Crippen LogP contribution in [0.1, 0.15) is 37.8 Å². The molecule has 1 aromatic heterocycles. The van der Waals surface area contributed by atoms with E-state index in [1.807, 2.05) is 30.8 Å². The van der Waals surface area contributed by atoms with Crippen LogP contribution in [0, 0.1) is 0 Å². The molecule has 6 heteroatoms. The van der Waals surface area contributed by atoms with Crippen LogP contribution in [0.3, 0.4) is 0 Å². The number of H-pyrrole nitrogens is 1. The third-order valence-corrected chi connectivity index (χ3v) is 7.06. The van der Waals surface area contributed by atoms with E-state index in [0.29, 0.717) is 0 Å². The first-order chi connectivity index (χ1) is 17.8. The Balaban J connectivity index is 1.39. The number of benzene rings is 2. The molecule has 1 saturated heterocycles. The number of allylic oxidation sites excluding steroid dienone is 2. The first-order valence-corrected chi connectivity index (χ1v) is 13.0. The molecule has 2 aromatic carbocycles. The van der Waals surface area contributed by atoms with Crippen LogP contribution in [-0.2, 0) is 4.74 Å². The minimum absolute atomic E-state index is 0.762. The maximum absolute atomic E-state index is 5.63. The molecule has 1 N–H and O–H groups in total. The van der Waals surface area contributed by atoms with Crippen molar-refractivity contribution in [3.8, 4) is 0 Å². The zero-order valence-electron chi connectivity index (χ0n) is 21.3. The predicted octanol–water partition coefficient (Wildman–Crippen LogP) is 5.88. The molecule has 0 saturated carbocycles. The van der Waals surface area contributed by atoms with Crippen molar-refractivity contribution < 1.29 is 4.74 Å².